The van der Waals surface area contributed by atoms with E-state index in [9.17, 15) is 4.79 Å². The molecule has 0 aromatic heterocycles. The first kappa shape index (κ1) is 18.1. The van der Waals surface area contributed by atoms with Gasteiger partial charge in [-0.1, -0.05) is 12.1 Å². The molecule has 21 heavy (non-hydrogen) atoms. The average molecular weight is 334 g/mol. The molecule has 1 aromatic carbocycles. The summed E-state index contributed by atoms with van der Waals surface area (Å²) < 4.78 is 11.4. The van der Waals surface area contributed by atoms with Crippen LogP contribution < -0.4 is 9.64 Å². The highest BCUT2D eigenvalue weighted by atomic mass is 35.5. The van der Waals surface area contributed by atoms with Gasteiger partial charge in [0, 0.05) is 0 Å². The molecule has 6 heteroatoms. The minimum atomic E-state index is -0.436. The largest absolute Gasteiger partial charge is 0.463 e. The maximum atomic E-state index is 11.9. The first-order valence-electron chi connectivity index (χ1n) is 6.74. The first-order valence-corrected chi connectivity index (χ1v) is 7.81. The molecule has 0 aliphatic rings. The monoisotopic (exact) mass is 333 g/mol. The number of hydrogen-bond donors (Lipinski definition) is 0. The van der Waals surface area contributed by atoms with Crippen LogP contribution in [0, 0.1) is 6.92 Å². The van der Waals surface area contributed by atoms with Gasteiger partial charge in [-0.2, -0.15) is 0 Å². The number of carbonyl (C=O) groups excluding carboxylic acids is 1. The molecule has 0 aliphatic heterocycles. The number of aryl methyl sites for hydroxylation is 1. The lowest BCUT2D eigenvalue weighted by Crippen LogP contribution is -2.32. The van der Waals surface area contributed by atoms with Crippen molar-refractivity contribution in [2.75, 3.05) is 16.8 Å². The zero-order valence-corrected chi connectivity index (χ0v) is 14.2. The van der Waals surface area contributed by atoms with Crippen LogP contribution in [0.15, 0.2) is 18.2 Å². The highest BCUT2D eigenvalue weighted by Gasteiger charge is 2.21. The van der Waals surface area contributed by atoms with Crippen molar-refractivity contribution in [2.24, 2.45) is 0 Å². The van der Waals surface area contributed by atoms with Crippen LogP contribution in [0.1, 0.15) is 26.3 Å². The van der Waals surface area contributed by atoms with Crippen molar-refractivity contribution in [1.82, 2.24) is 0 Å². The van der Waals surface area contributed by atoms with Crippen molar-refractivity contribution in [2.45, 2.75) is 40.1 Å². The summed E-state index contributed by atoms with van der Waals surface area (Å²) in [6.07, 6.45) is -0.393. The molecule has 1 amide bonds. The molecule has 4 nitrogen and oxygen atoms in total. The zero-order chi connectivity index (χ0) is 16.0. The van der Waals surface area contributed by atoms with Gasteiger partial charge in [0.25, 0.3) is 0 Å². The van der Waals surface area contributed by atoms with Crippen molar-refractivity contribution in [3.05, 3.63) is 23.8 Å². The first-order chi connectivity index (χ1) is 9.90. The second kappa shape index (κ2) is 8.47. The van der Waals surface area contributed by atoms with Gasteiger partial charge >= 0.3 is 0 Å². The Labute approximate surface area is 135 Å². The minimum Gasteiger partial charge on any atom is -0.463 e. The number of carbonyl (C=O) groups is 1. The van der Waals surface area contributed by atoms with Gasteiger partial charge in [-0.05, 0) is 39.3 Å². The number of ether oxygens (including phenoxy) is 2. The van der Waals surface area contributed by atoms with Crippen molar-refractivity contribution in [3.63, 3.8) is 0 Å². The Morgan fingerprint density at radius 1 is 1.29 bits per heavy atom. The van der Waals surface area contributed by atoms with E-state index >= 15 is 0 Å². The van der Waals surface area contributed by atoms with E-state index in [1.807, 2.05) is 32.9 Å². The molecule has 0 saturated heterocycles. The second-order valence-electron chi connectivity index (χ2n) is 4.87. The lowest BCUT2D eigenvalue weighted by Gasteiger charge is -2.26. The Balaban J connectivity index is 3.10. The maximum absolute atomic E-state index is 11.9. The van der Waals surface area contributed by atoms with Crippen LogP contribution in [0.4, 0.5) is 5.69 Å². The van der Waals surface area contributed by atoms with E-state index < -0.39 is 6.29 Å². The van der Waals surface area contributed by atoms with Gasteiger partial charge in [-0.3, -0.25) is 9.69 Å². The number of rotatable bonds is 7. The second-order valence-corrected chi connectivity index (χ2v) is 5.37. The Bertz CT molecular complexity index is 480. The van der Waals surface area contributed by atoms with Crippen LogP contribution in [-0.2, 0) is 9.53 Å². The van der Waals surface area contributed by atoms with Crippen molar-refractivity contribution in [1.29, 1.82) is 0 Å². The molecule has 0 bridgehead atoms. The molecule has 118 valence electrons. The van der Waals surface area contributed by atoms with Gasteiger partial charge in [-0.15, -0.1) is 23.2 Å². The third-order valence-corrected chi connectivity index (χ3v) is 3.23. The molecule has 0 heterocycles. The molecule has 0 N–H and O–H groups in total. The van der Waals surface area contributed by atoms with Crippen molar-refractivity contribution < 1.29 is 14.3 Å². The fourth-order valence-electron chi connectivity index (χ4n) is 1.99. The lowest BCUT2D eigenvalue weighted by molar-refractivity contribution is -0.116. The smallest absolute Gasteiger partial charge is 0.243 e. The average Bonchev–Trinajstić information content (AvgIpc) is 2.41. The Morgan fingerprint density at radius 2 is 1.95 bits per heavy atom. The summed E-state index contributed by atoms with van der Waals surface area (Å²) in [5, 5.41) is 0. The molecule has 1 aromatic rings. The number of benzene rings is 1. The van der Waals surface area contributed by atoms with Gasteiger partial charge in [0.2, 0.25) is 5.91 Å². The van der Waals surface area contributed by atoms with Crippen LogP contribution in [0.2, 0.25) is 0 Å². The summed E-state index contributed by atoms with van der Waals surface area (Å²) in [6.45, 7) is 7.55. The van der Waals surface area contributed by atoms with Crippen LogP contribution in [0.25, 0.3) is 0 Å². The summed E-state index contributed by atoms with van der Waals surface area (Å²) in [7, 11) is 0. The number of halogens is 2. The SMILES string of the molecule is Cc1cccc(OC(C)OC(C)C)c1N(CCl)C(=O)CCl. The predicted molar refractivity (Wildman–Crippen MR) is 86.4 cm³/mol. The number of nitrogens with zero attached hydrogens (tertiary/aromatic N) is 1. The Morgan fingerprint density at radius 3 is 2.48 bits per heavy atom. The molecule has 0 spiro atoms. The normalized spacial score (nSPS) is 12.3. The standard InChI is InChI=1S/C15H21Cl2NO3/c1-10(2)20-12(4)21-13-7-5-6-11(3)15(13)18(9-17)14(19)8-16/h5-7,10,12H,8-9H2,1-4H3. The van der Waals surface area contributed by atoms with E-state index in [4.69, 9.17) is 32.7 Å². The van der Waals surface area contributed by atoms with Crippen LogP contribution in [0.3, 0.4) is 0 Å². The Hall–Kier alpha value is -0.970. The molecule has 0 saturated carbocycles. The van der Waals surface area contributed by atoms with E-state index in [-0.39, 0.29) is 23.9 Å². The van der Waals surface area contributed by atoms with Gasteiger partial charge in [0.15, 0.2) is 6.29 Å². The third kappa shape index (κ3) is 5.06. The molecule has 1 unspecified atom stereocenters. The molecule has 1 atom stereocenters. The molecule has 0 radical (unpaired) electrons. The molecule has 1 rings (SSSR count). The van der Waals surface area contributed by atoms with Gasteiger partial charge in [-0.25, -0.2) is 0 Å². The van der Waals surface area contributed by atoms with Gasteiger partial charge < -0.3 is 9.47 Å². The van der Waals surface area contributed by atoms with Crippen molar-refractivity contribution >= 4 is 34.8 Å². The number of amides is 1. The highest BCUT2D eigenvalue weighted by molar-refractivity contribution is 6.31. The number of para-hydroxylation sites is 1. The summed E-state index contributed by atoms with van der Waals surface area (Å²) in [4.78, 5) is 13.3. The summed E-state index contributed by atoms with van der Waals surface area (Å²) in [5.74, 6) is 0.129. The van der Waals surface area contributed by atoms with E-state index in [0.717, 1.165) is 5.56 Å². The molecule has 0 fully saturated rings. The Kier molecular flexibility index (Phi) is 7.29. The highest BCUT2D eigenvalue weighted by Crippen LogP contribution is 2.33. The maximum Gasteiger partial charge on any atom is 0.243 e. The summed E-state index contributed by atoms with van der Waals surface area (Å²) >= 11 is 11.5. The fourth-order valence-corrected chi connectivity index (χ4v) is 2.38. The minimum absolute atomic E-state index is 0.00614. The van der Waals surface area contributed by atoms with Crippen LogP contribution in [-0.4, -0.2) is 30.2 Å². The summed E-state index contributed by atoms with van der Waals surface area (Å²) in [5.41, 5.74) is 1.50. The molecule has 0 aliphatic carbocycles. The topological polar surface area (TPSA) is 38.8 Å². The van der Waals surface area contributed by atoms with Gasteiger partial charge in [0.1, 0.15) is 17.6 Å². The van der Waals surface area contributed by atoms with Crippen LogP contribution in [0.5, 0.6) is 5.75 Å². The number of anilines is 1. The van der Waals surface area contributed by atoms with E-state index in [1.54, 1.807) is 13.0 Å². The van der Waals surface area contributed by atoms with E-state index in [0.29, 0.717) is 11.4 Å². The van der Waals surface area contributed by atoms with E-state index in [1.165, 1.54) is 4.90 Å². The van der Waals surface area contributed by atoms with Crippen LogP contribution >= 0.6 is 23.2 Å². The molecular weight excluding hydrogens is 313 g/mol. The summed E-state index contributed by atoms with van der Waals surface area (Å²) in [6, 6.07) is 5.53. The third-order valence-electron chi connectivity index (χ3n) is 2.76. The lowest BCUT2D eigenvalue weighted by atomic mass is 10.1. The van der Waals surface area contributed by atoms with Gasteiger partial charge in [0.05, 0.1) is 11.8 Å². The zero-order valence-electron chi connectivity index (χ0n) is 12.7. The number of hydrogen-bond acceptors (Lipinski definition) is 3. The molecular formula is C15H21Cl2NO3. The van der Waals surface area contributed by atoms with E-state index in [2.05, 4.69) is 0 Å². The fraction of sp³-hybridized carbons (Fsp3) is 0.533. The van der Waals surface area contributed by atoms with Crippen molar-refractivity contribution in [3.8, 4) is 5.75 Å². The number of alkyl halides is 2. The predicted octanol–water partition coefficient (Wildman–Crippen LogP) is 3.91. The quantitative estimate of drug-likeness (QED) is 0.431.